The zero-order valence-corrected chi connectivity index (χ0v) is 12.2. The van der Waals surface area contributed by atoms with E-state index in [1.807, 2.05) is 0 Å². The van der Waals surface area contributed by atoms with Crippen LogP contribution in [0.15, 0.2) is 0 Å². The summed E-state index contributed by atoms with van der Waals surface area (Å²) in [6, 6.07) is 0. The minimum Gasteiger partial charge on any atom is -0.299 e. The van der Waals surface area contributed by atoms with Gasteiger partial charge in [-0.25, -0.2) is 0 Å². The average molecular weight is 238 g/mol. The van der Waals surface area contributed by atoms with Crippen molar-refractivity contribution >= 4 is 5.78 Å². The van der Waals surface area contributed by atoms with Gasteiger partial charge in [0.1, 0.15) is 5.78 Å². The zero-order chi connectivity index (χ0) is 12.9. The Kier molecular flexibility index (Phi) is 5.69. The standard InChI is InChI=1S/C16H30O/c1-5-6-13-7-9-14(10-8-13)15(17)11-12-16(2,3)4/h13-14H,5-12H2,1-4H3. The van der Waals surface area contributed by atoms with Crippen molar-refractivity contribution < 1.29 is 4.79 Å². The lowest BCUT2D eigenvalue weighted by atomic mass is 9.76. The molecule has 0 N–H and O–H groups in total. The third-order valence-corrected chi connectivity index (χ3v) is 4.12. The first-order chi connectivity index (χ1) is 7.92. The molecule has 1 fully saturated rings. The highest BCUT2D eigenvalue weighted by atomic mass is 16.1. The van der Waals surface area contributed by atoms with E-state index in [1.165, 1.54) is 25.7 Å². The Morgan fingerprint density at radius 3 is 2.18 bits per heavy atom. The molecule has 0 heterocycles. The van der Waals surface area contributed by atoms with E-state index in [1.54, 1.807) is 0 Å². The predicted octanol–water partition coefficient (Wildman–Crippen LogP) is 4.99. The van der Waals surface area contributed by atoms with E-state index in [9.17, 15) is 4.79 Å². The van der Waals surface area contributed by atoms with Gasteiger partial charge in [-0.2, -0.15) is 0 Å². The number of hydrogen-bond acceptors (Lipinski definition) is 1. The van der Waals surface area contributed by atoms with Crippen LogP contribution in [0.1, 0.15) is 79.1 Å². The predicted molar refractivity (Wildman–Crippen MR) is 74.1 cm³/mol. The van der Waals surface area contributed by atoms with Crippen molar-refractivity contribution in [1.82, 2.24) is 0 Å². The van der Waals surface area contributed by atoms with E-state index in [0.717, 1.165) is 31.6 Å². The van der Waals surface area contributed by atoms with Crippen molar-refractivity contribution in [2.24, 2.45) is 17.3 Å². The number of Topliss-reactive ketones (excluding diaryl/α,β-unsaturated/α-hetero) is 1. The number of ketones is 1. The van der Waals surface area contributed by atoms with Gasteiger partial charge in [-0.3, -0.25) is 4.79 Å². The Hall–Kier alpha value is -0.330. The van der Waals surface area contributed by atoms with Gasteiger partial charge in [0, 0.05) is 12.3 Å². The second kappa shape index (κ2) is 6.56. The van der Waals surface area contributed by atoms with E-state index >= 15 is 0 Å². The lowest BCUT2D eigenvalue weighted by Gasteiger charge is -2.28. The first kappa shape index (κ1) is 14.7. The maximum Gasteiger partial charge on any atom is 0.135 e. The lowest BCUT2D eigenvalue weighted by molar-refractivity contribution is -0.124. The third-order valence-electron chi connectivity index (χ3n) is 4.12. The van der Waals surface area contributed by atoms with Crippen molar-refractivity contribution in [1.29, 1.82) is 0 Å². The molecule has 0 aromatic heterocycles. The Labute approximate surface area is 107 Å². The van der Waals surface area contributed by atoms with Gasteiger partial charge >= 0.3 is 0 Å². The molecule has 0 aromatic carbocycles. The SMILES string of the molecule is CCCC1CCC(C(=O)CCC(C)(C)C)CC1. The van der Waals surface area contributed by atoms with E-state index in [0.29, 0.717) is 17.1 Å². The first-order valence-corrected chi connectivity index (χ1v) is 7.45. The smallest absolute Gasteiger partial charge is 0.135 e. The minimum absolute atomic E-state index is 0.301. The van der Waals surface area contributed by atoms with Crippen molar-refractivity contribution in [3.05, 3.63) is 0 Å². The monoisotopic (exact) mass is 238 g/mol. The molecule has 0 radical (unpaired) electrons. The van der Waals surface area contributed by atoms with Crippen molar-refractivity contribution in [3.63, 3.8) is 0 Å². The molecule has 1 rings (SSSR count). The number of carbonyl (C=O) groups excluding carboxylic acids is 1. The summed E-state index contributed by atoms with van der Waals surface area (Å²) in [5.41, 5.74) is 0.301. The van der Waals surface area contributed by atoms with Gasteiger partial charge in [-0.15, -0.1) is 0 Å². The van der Waals surface area contributed by atoms with Crippen LogP contribution in [-0.2, 0) is 4.79 Å². The molecule has 0 aromatic rings. The molecule has 0 saturated heterocycles. The topological polar surface area (TPSA) is 17.1 Å². The number of carbonyl (C=O) groups is 1. The van der Waals surface area contributed by atoms with Crippen LogP contribution in [0, 0.1) is 17.3 Å². The van der Waals surface area contributed by atoms with Crippen LogP contribution in [0.3, 0.4) is 0 Å². The fourth-order valence-corrected chi connectivity index (χ4v) is 2.88. The Morgan fingerprint density at radius 1 is 1.12 bits per heavy atom. The van der Waals surface area contributed by atoms with Crippen LogP contribution in [0.25, 0.3) is 0 Å². The van der Waals surface area contributed by atoms with Crippen LogP contribution >= 0.6 is 0 Å². The first-order valence-electron chi connectivity index (χ1n) is 7.45. The summed E-state index contributed by atoms with van der Waals surface area (Å²) < 4.78 is 0. The van der Waals surface area contributed by atoms with Crippen LogP contribution < -0.4 is 0 Å². The van der Waals surface area contributed by atoms with E-state index in [-0.39, 0.29) is 0 Å². The summed E-state index contributed by atoms with van der Waals surface area (Å²) in [5.74, 6) is 1.84. The van der Waals surface area contributed by atoms with Gasteiger partial charge in [0.25, 0.3) is 0 Å². The van der Waals surface area contributed by atoms with Gasteiger partial charge < -0.3 is 0 Å². The molecular weight excluding hydrogens is 208 g/mol. The summed E-state index contributed by atoms with van der Waals surface area (Å²) in [4.78, 5) is 12.1. The van der Waals surface area contributed by atoms with Crippen molar-refractivity contribution in [3.8, 4) is 0 Å². The number of rotatable bonds is 5. The fourth-order valence-electron chi connectivity index (χ4n) is 2.88. The quantitative estimate of drug-likeness (QED) is 0.659. The maximum atomic E-state index is 12.1. The molecule has 17 heavy (non-hydrogen) atoms. The highest BCUT2D eigenvalue weighted by Crippen LogP contribution is 2.33. The van der Waals surface area contributed by atoms with Gasteiger partial charge in [-0.05, 0) is 43.4 Å². The van der Waals surface area contributed by atoms with Gasteiger partial charge in [-0.1, -0.05) is 40.5 Å². The van der Waals surface area contributed by atoms with Crippen molar-refractivity contribution in [2.75, 3.05) is 0 Å². The van der Waals surface area contributed by atoms with E-state index in [2.05, 4.69) is 27.7 Å². The maximum absolute atomic E-state index is 12.1. The molecule has 1 nitrogen and oxygen atoms in total. The van der Waals surface area contributed by atoms with Crippen LogP contribution in [0.4, 0.5) is 0 Å². The summed E-state index contributed by atoms with van der Waals surface area (Å²) in [5, 5.41) is 0. The normalized spacial score (nSPS) is 25.9. The minimum atomic E-state index is 0.301. The summed E-state index contributed by atoms with van der Waals surface area (Å²) in [7, 11) is 0. The second-order valence-corrected chi connectivity index (χ2v) is 7.03. The molecule has 1 aliphatic rings. The van der Waals surface area contributed by atoms with Crippen molar-refractivity contribution in [2.45, 2.75) is 79.1 Å². The summed E-state index contributed by atoms with van der Waals surface area (Å²) in [6.45, 7) is 8.93. The highest BCUT2D eigenvalue weighted by molar-refractivity contribution is 5.81. The molecule has 0 atom stereocenters. The molecule has 0 bridgehead atoms. The summed E-state index contributed by atoms with van der Waals surface area (Å²) >= 11 is 0. The van der Waals surface area contributed by atoms with Crippen LogP contribution in [-0.4, -0.2) is 5.78 Å². The molecule has 1 heteroatoms. The largest absolute Gasteiger partial charge is 0.299 e. The molecule has 100 valence electrons. The molecular formula is C16H30O. The second-order valence-electron chi connectivity index (χ2n) is 7.03. The fraction of sp³-hybridized carbons (Fsp3) is 0.938. The zero-order valence-electron chi connectivity index (χ0n) is 12.2. The molecule has 1 saturated carbocycles. The molecule has 0 spiro atoms. The van der Waals surface area contributed by atoms with Gasteiger partial charge in [0.2, 0.25) is 0 Å². The Balaban J connectivity index is 2.26. The molecule has 1 aliphatic carbocycles. The van der Waals surface area contributed by atoms with Gasteiger partial charge in [0.15, 0.2) is 0 Å². The molecule has 0 unspecified atom stereocenters. The van der Waals surface area contributed by atoms with Crippen LogP contribution in [0.5, 0.6) is 0 Å². The lowest BCUT2D eigenvalue weighted by Crippen LogP contribution is -2.23. The Morgan fingerprint density at radius 2 is 1.71 bits per heavy atom. The number of hydrogen-bond donors (Lipinski definition) is 0. The summed E-state index contributed by atoms with van der Waals surface area (Å²) in [6.07, 6.45) is 9.41. The molecule has 0 amide bonds. The highest BCUT2D eigenvalue weighted by Gasteiger charge is 2.26. The Bertz CT molecular complexity index is 228. The molecule has 0 aliphatic heterocycles. The van der Waals surface area contributed by atoms with Gasteiger partial charge in [0.05, 0.1) is 0 Å². The third kappa shape index (κ3) is 5.70. The van der Waals surface area contributed by atoms with E-state index < -0.39 is 0 Å². The van der Waals surface area contributed by atoms with E-state index in [4.69, 9.17) is 0 Å². The average Bonchev–Trinajstić information content (AvgIpc) is 2.26. The van der Waals surface area contributed by atoms with Crippen LogP contribution in [0.2, 0.25) is 0 Å².